The Morgan fingerprint density at radius 1 is 1.17 bits per heavy atom. The summed E-state index contributed by atoms with van der Waals surface area (Å²) in [6, 6.07) is 16.6. The van der Waals surface area contributed by atoms with E-state index in [2.05, 4.69) is 21.3 Å². The topological polar surface area (TPSA) is 53.2 Å². The van der Waals surface area contributed by atoms with E-state index in [0.717, 1.165) is 46.4 Å². The van der Waals surface area contributed by atoms with Gasteiger partial charge in [-0.1, -0.05) is 37.5 Å². The minimum Gasteiger partial charge on any atom is -0.497 e. The zero-order chi connectivity index (χ0) is 20.1. The molecule has 29 heavy (non-hydrogen) atoms. The van der Waals surface area contributed by atoms with E-state index in [1.807, 2.05) is 42.5 Å². The second-order valence-electron chi connectivity index (χ2n) is 7.60. The Hall–Kier alpha value is -2.60. The first-order valence-electron chi connectivity index (χ1n) is 10.4. The van der Waals surface area contributed by atoms with E-state index >= 15 is 0 Å². The number of thiocarbonyl (C=S) groups is 1. The van der Waals surface area contributed by atoms with Crippen LogP contribution in [0.3, 0.4) is 0 Å². The highest BCUT2D eigenvalue weighted by molar-refractivity contribution is 7.80. The van der Waals surface area contributed by atoms with E-state index in [-0.39, 0.29) is 0 Å². The normalized spacial score (nSPS) is 14.7. The number of anilines is 1. The van der Waals surface area contributed by atoms with Crippen LogP contribution < -0.4 is 10.1 Å². The number of imidazole rings is 1. The predicted octanol–water partition coefficient (Wildman–Crippen LogP) is 5.15. The van der Waals surface area contributed by atoms with Crippen LogP contribution in [-0.2, 0) is 6.42 Å². The molecule has 4 rings (SSSR count). The monoisotopic (exact) mass is 408 g/mol. The highest BCUT2D eigenvalue weighted by atomic mass is 32.1. The third kappa shape index (κ3) is 4.88. The van der Waals surface area contributed by atoms with Crippen molar-refractivity contribution in [2.45, 2.75) is 44.6 Å². The van der Waals surface area contributed by atoms with E-state index in [9.17, 15) is 0 Å². The number of H-pyrrole nitrogens is 1. The maximum atomic E-state index is 5.84. The second-order valence-corrected chi connectivity index (χ2v) is 7.98. The molecule has 0 spiro atoms. The van der Waals surface area contributed by atoms with Crippen molar-refractivity contribution in [3.05, 3.63) is 54.4 Å². The van der Waals surface area contributed by atoms with Crippen molar-refractivity contribution in [1.29, 1.82) is 0 Å². The van der Waals surface area contributed by atoms with Crippen LogP contribution in [0.25, 0.3) is 11.0 Å². The number of aromatic amines is 1. The molecule has 1 fully saturated rings. The molecule has 0 atom stereocenters. The van der Waals surface area contributed by atoms with Gasteiger partial charge in [-0.3, -0.25) is 0 Å². The quantitative estimate of drug-likeness (QED) is 0.553. The number of para-hydroxylation sites is 2. The van der Waals surface area contributed by atoms with E-state index < -0.39 is 0 Å². The second kappa shape index (κ2) is 9.27. The fourth-order valence-electron chi connectivity index (χ4n) is 4.09. The Balaban J connectivity index is 1.48. The van der Waals surface area contributed by atoms with Gasteiger partial charge in [0.25, 0.3) is 0 Å². The Labute approximate surface area is 177 Å². The van der Waals surface area contributed by atoms with Gasteiger partial charge in [-0.2, -0.15) is 0 Å². The molecule has 1 aliphatic rings. The van der Waals surface area contributed by atoms with Gasteiger partial charge in [0.1, 0.15) is 11.6 Å². The number of rotatable bonds is 6. The largest absolute Gasteiger partial charge is 0.497 e. The number of methoxy groups -OCH3 is 1. The zero-order valence-electron chi connectivity index (χ0n) is 16.9. The summed E-state index contributed by atoms with van der Waals surface area (Å²) in [6.45, 7) is 0.848. The van der Waals surface area contributed by atoms with Crippen LogP contribution >= 0.6 is 12.2 Å². The van der Waals surface area contributed by atoms with Crippen LogP contribution in [0, 0.1) is 0 Å². The number of benzene rings is 2. The molecule has 3 aromatic rings. The van der Waals surface area contributed by atoms with Crippen molar-refractivity contribution in [1.82, 2.24) is 14.9 Å². The van der Waals surface area contributed by atoms with Crippen LogP contribution in [0.15, 0.2) is 48.5 Å². The smallest absolute Gasteiger partial charge is 0.173 e. The van der Waals surface area contributed by atoms with Gasteiger partial charge in [0.15, 0.2) is 5.11 Å². The summed E-state index contributed by atoms with van der Waals surface area (Å²) in [7, 11) is 1.68. The molecule has 1 aliphatic carbocycles. The van der Waals surface area contributed by atoms with Crippen molar-refractivity contribution in [3.8, 4) is 5.75 Å². The minimum atomic E-state index is 0.485. The lowest BCUT2D eigenvalue weighted by Crippen LogP contribution is -2.44. The van der Waals surface area contributed by atoms with Gasteiger partial charge in [-0.05, 0) is 49.3 Å². The summed E-state index contributed by atoms with van der Waals surface area (Å²) in [5.74, 6) is 1.83. The lowest BCUT2D eigenvalue weighted by molar-refractivity contribution is 0.247. The molecule has 0 radical (unpaired) electrons. The van der Waals surface area contributed by atoms with Crippen molar-refractivity contribution < 1.29 is 4.74 Å². The van der Waals surface area contributed by atoms with Crippen molar-refractivity contribution in [2.24, 2.45) is 0 Å². The SMILES string of the molecule is COc1cccc(NC(=S)N(CCc2nc3ccccc3[nH]2)C2CCCCC2)c1. The fraction of sp³-hybridized carbons (Fsp3) is 0.391. The zero-order valence-corrected chi connectivity index (χ0v) is 17.7. The number of fused-ring (bicyclic) bond motifs is 1. The Bertz CT molecular complexity index is 931. The fourth-order valence-corrected chi connectivity index (χ4v) is 4.45. The number of aromatic nitrogens is 2. The van der Waals surface area contributed by atoms with E-state index in [0.29, 0.717) is 6.04 Å². The van der Waals surface area contributed by atoms with Gasteiger partial charge in [-0.15, -0.1) is 0 Å². The molecule has 0 bridgehead atoms. The molecule has 1 heterocycles. The average molecular weight is 409 g/mol. The summed E-state index contributed by atoms with van der Waals surface area (Å²) < 4.78 is 5.34. The number of hydrogen-bond donors (Lipinski definition) is 2. The molecule has 2 N–H and O–H groups in total. The van der Waals surface area contributed by atoms with Crippen LogP contribution in [0.4, 0.5) is 5.69 Å². The summed E-state index contributed by atoms with van der Waals surface area (Å²) in [5.41, 5.74) is 3.06. The number of nitrogens with one attached hydrogen (secondary N) is 2. The Morgan fingerprint density at radius 3 is 2.79 bits per heavy atom. The lowest BCUT2D eigenvalue weighted by atomic mass is 9.94. The van der Waals surface area contributed by atoms with Crippen LogP contribution in [0.5, 0.6) is 5.75 Å². The van der Waals surface area contributed by atoms with Gasteiger partial charge in [0.2, 0.25) is 0 Å². The van der Waals surface area contributed by atoms with E-state index in [1.165, 1.54) is 32.1 Å². The van der Waals surface area contributed by atoms with Gasteiger partial charge >= 0.3 is 0 Å². The summed E-state index contributed by atoms with van der Waals surface area (Å²) >= 11 is 5.84. The summed E-state index contributed by atoms with van der Waals surface area (Å²) in [5, 5.41) is 4.20. The van der Waals surface area contributed by atoms with Crippen LogP contribution in [0.2, 0.25) is 0 Å². The molecule has 152 valence electrons. The van der Waals surface area contributed by atoms with Crippen LogP contribution in [0.1, 0.15) is 37.9 Å². The van der Waals surface area contributed by atoms with Gasteiger partial charge in [0, 0.05) is 30.8 Å². The molecule has 1 aromatic heterocycles. The average Bonchev–Trinajstić information content (AvgIpc) is 3.18. The molecule has 0 aliphatic heterocycles. The first-order valence-corrected chi connectivity index (χ1v) is 10.8. The lowest BCUT2D eigenvalue weighted by Gasteiger charge is -2.36. The molecule has 1 saturated carbocycles. The van der Waals surface area contributed by atoms with Crippen molar-refractivity contribution >= 4 is 34.1 Å². The first-order chi connectivity index (χ1) is 14.2. The molecule has 6 heteroatoms. The predicted molar refractivity (Wildman–Crippen MR) is 123 cm³/mol. The van der Waals surface area contributed by atoms with Crippen molar-refractivity contribution in [2.75, 3.05) is 19.0 Å². The molecular formula is C23H28N4OS. The first kappa shape index (κ1) is 19.7. The van der Waals surface area contributed by atoms with Crippen molar-refractivity contribution in [3.63, 3.8) is 0 Å². The highest BCUT2D eigenvalue weighted by Crippen LogP contribution is 2.25. The minimum absolute atomic E-state index is 0.485. The maximum absolute atomic E-state index is 5.84. The summed E-state index contributed by atoms with van der Waals surface area (Å²) in [4.78, 5) is 10.5. The molecule has 0 amide bonds. The van der Waals surface area contributed by atoms with Gasteiger partial charge in [-0.25, -0.2) is 4.98 Å². The number of ether oxygens (including phenoxy) is 1. The van der Waals surface area contributed by atoms with E-state index in [1.54, 1.807) is 7.11 Å². The molecular weight excluding hydrogens is 380 g/mol. The number of hydrogen-bond acceptors (Lipinski definition) is 3. The molecule has 0 unspecified atom stereocenters. The highest BCUT2D eigenvalue weighted by Gasteiger charge is 2.23. The third-order valence-corrected chi connectivity index (χ3v) is 5.96. The van der Waals surface area contributed by atoms with Gasteiger partial charge in [0.05, 0.1) is 18.1 Å². The van der Waals surface area contributed by atoms with E-state index in [4.69, 9.17) is 21.9 Å². The van der Waals surface area contributed by atoms with Crippen LogP contribution in [-0.4, -0.2) is 39.7 Å². The molecule has 5 nitrogen and oxygen atoms in total. The Kier molecular flexibility index (Phi) is 6.30. The third-order valence-electron chi connectivity index (χ3n) is 5.63. The molecule has 0 saturated heterocycles. The molecule has 2 aromatic carbocycles. The maximum Gasteiger partial charge on any atom is 0.173 e. The number of nitrogens with zero attached hydrogens (tertiary/aromatic N) is 2. The van der Waals surface area contributed by atoms with Gasteiger partial charge < -0.3 is 19.9 Å². The Morgan fingerprint density at radius 2 is 2.00 bits per heavy atom. The summed E-state index contributed by atoms with van der Waals surface area (Å²) in [6.07, 6.45) is 7.09. The standard InChI is InChI=1S/C23H28N4OS/c1-28-19-11-7-8-17(16-19)24-23(29)27(18-9-3-2-4-10-18)15-14-22-25-20-12-5-6-13-21(20)26-22/h5-8,11-13,16,18H,2-4,9-10,14-15H2,1H3,(H,24,29)(H,25,26).